The molecule has 17 heteroatoms. The van der Waals surface area contributed by atoms with Crippen molar-refractivity contribution >= 4 is 33.7 Å². The van der Waals surface area contributed by atoms with Crippen LogP contribution in [0.3, 0.4) is 0 Å². The largest absolute Gasteiger partial charge is 0.509 e. The van der Waals surface area contributed by atoms with E-state index in [1.807, 2.05) is 0 Å². The molecule has 0 atom stereocenters. The molecule has 2 rings (SSSR count). The highest BCUT2D eigenvalue weighted by Crippen LogP contribution is 2.44. The van der Waals surface area contributed by atoms with Crippen molar-refractivity contribution < 1.29 is 58.2 Å². The number of carboxylic acid groups (broad SMARTS) is 4. The summed E-state index contributed by atoms with van der Waals surface area (Å²) in [6.45, 7) is 0. The second-order valence-electron chi connectivity index (χ2n) is 7.23. The molecule has 0 aliphatic heterocycles. The van der Waals surface area contributed by atoms with Gasteiger partial charge in [0, 0.05) is 0 Å². The number of aliphatic hydroxyl groups excluding tert-OH is 2. The number of sulfone groups is 1. The van der Waals surface area contributed by atoms with E-state index in [4.69, 9.17) is 22.9 Å². The fourth-order valence-electron chi connectivity index (χ4n) is 3.25. The maximum absolute atomic E-state index is 13.1. The molecule has 16 nitrogen and oxygen atoms in total. The molecule has 0 aromatic carbocycles. The van der Waals surface area contributed by atoms with E-state index in [9.17, 15) is 58.2 Å². The average molecular weight is 490 g/mol. The number of carbonyl (C=O) groups is 4. The molecule has 0 amide bonds. The first-order valence-electron chi connectivity index (χ1n) is 8.36. The van der Waals surface area contributed by atoms with Gasteiger partial charge in [-0.25, -0.2) is 8.42 Å². The minimum absolute atomic E-state index is 0.0639. The highest BCUT2D eigenvalue weighted by molar-refractivity contribution is 7.99. The Hall–Kier alpha value is -3.77. The van der Waals surface area contributed by atoms with E-state index in [1.54, 1.807) is 0 Å². The third kappa shape index (κ3) is 3.02. The zero-order valence-corrected chi connectivity index (χ0v) is 17.0. The fourth-order valence-corrected chi connectivity index (χ4v) is 4.71. The lowest BCUT2D eigenvalue weighted by atomic mass is 9.72. The van der Waals surface area contributed by atoms with Crippen molar-refractivity contribution in [3.8, 4) is 0 Å². The Morgan fingerprint density at radius 2 is 0.879 bits per heavy atom. The van der Waals surface area contributed by atoms with E-state index < -0.39 is 77.2 Å². The molecule has 0 saturated heterocycles. The third-order valence-corrected chi connectivity index (χ3v) is 7.11. The molecule has 2 aliphatic carbocycles. The van der Waals surface area contributed by atoms with Gasteiger partial charge in [-0.3, -0.25) is 19.2 Å². The van der Waals surface area contributed by atoms with Crippen LogP contribution in [0.2, 0.25) is 0 Å². The van der Waals surface area contributed by atoms with Gasteiger partial charge in [0.1, 0.15) is 11.5 Å². The van der Waals surface area contributed by atoms with Crippen LogP contribution in [0.15, 0.2) is 45.6 Å². The molecule has 0 radical (unpaired) electrons. The van der Waals surface area contributed by atoms with E-state index in [1.165, 1.54) is 0 Å². The maximum atomic E-state index is 13.1. The van der Waals surface area contributed by atoms with Crippen molar-refractivity contribution in [3.05, 3.63) is 45.6 Å². The van der Waals surface area contributed by atoms with E-state index in [2.05, 4.69) is 0 Å². The predicted molar refractivity (Wildman–Crippen MR) is 104 cm³/mol. The summed E-state index contributed by atoms with van der Waals surface area (Å²) in [4.78, 5) is 44.5. The Bertz CT molecular complexity index is 1110. The SMILES string of the molecule is NC1(N)C(O)=CC(S(=O)(=O)C2=CC(C(=O)O)(C(=O)O)C(N)(N)C(O)=C2)=CC1(C(=O)O)C(=O)O. The predicted octanol–water partition coefficient (Wildman–Crippen LogP) is -3.38. The number of aliphatic carboxylic acids is 4. The zero-order valence-electron chi connectivity index (χ0n) is 16.2. The monoisotopic (exact) mass is 490 g/mol. The van der Waals surface area contributed by atoms with Gasteiger partial charge in [-0.15, -0.1) is 0 Å². The first kappa shape index (κ1) is 25.5. The van der Waals surface area contributed by atoms with Gasteiger partial charge in [-0.2, -0.15) is 0 Å². The second kappa shape index (κ2) is 7.12. The second-order valence-corrected chi connectivity index (χ2v) is 9.18. The number of carboxylic acids is 4. The van der Waals surface area contributed by atoms with Gasteiger partial charge in [-0.1, -0.05) is 0 Å². The Balaban J connectivity index is 2.94. The molecule has 14 N–H and O–H groups in total. The van der Waals surface area contributed by atoms with Crippen LogP contribution in [0.5, 0.6) is 0 Å². The van der Waals surface area contributed by atoms with Crippen LogP contribution >= 0.6 is 0 Å². The van der Waals surface area contributed by atoms with Gasteiger partial charge < -0.3 is 53.6 Å². The molecule has 33 heavy (non-hydrogen) atoms. The van der Waals surface area contributed by atoms with E-state index in [0.717, 1.165) is 0 Å². The smallest absolute Gasteiger partial charge is 0.328 e. The van der Waals surface area contributed by atoms with Crippen LogP contribution in [0.4, 0.5) is 0 Å². The molecule has 0 aromatic heterocycles. The molecule has 0 aromatic rings. The fraction of sp³-hybridized carbons (Fsp3) is 0.250. The van der Waals surface area contributed by atoms with Gasteiger partial charge in [0.2, 0.25) is 20.7 Å². The van der Waals surface area contributed by atoms with Crippen molar-refractivity contribution in [2.45, 2.75) is 11.3 Å². The van der Waals surface area contributed by atoms with Crippen LogP contribution in [-0.2, 0) is 29.0 Å². The lowest BCUT2D eigenvalue weighted by Gasteiger charge is -2.40. The summed E-state index contributed by atoms with van der Waals surface area (Å²) >= 11 is 0. The molecule has 0 unspecified atom stereocenters. The van der Waals surface area contributed by atoms with Gasteiger partial charge in [-0.05, 0) is 24.3 Å². The Kier molecular flexibility index (Phi) is 5.50. The Morgan fingerprint density at radius 3 is 1.09 bits per heavy atom. The number of hydrogen-bond acceptors (Lipinski definition) is 12. The standard InChI is InChI=1S/C16H18N4O12S/c17-15(18)7(21)1-5(3-13(15,9(23)24)10(25)26)33(31,32)6-2-8(22)16(19,20)14(4-6,11(27)28)12(29)30/h1-4,21-22H,17-20H2,(H,23,24)(H,25,26)(H,27,28)(H,29,30). The minimum atomic E-state index is -5.25. The summed E-state index contributed by atoms with van der Waals surface area (Å²) < 4.78 is 26.3. The lowest BCUT2D eigenvalue weighted by molar-refractivity contribution is -0.167. The molecule has 0 heterocycles. The van der Waals surface area contributed by atoms with E-state index in [0.29, 0.717) is 0 Å². The molecule has 0 spiro atoms. The van der Waals surface area contributed by atoms with Gasteiger partial charge in [0.15, 0.2) is 11.3 Å². The highest BCUT2D eigenvalue weighted by Gasteiger charge is 2.65. The summed E-state index contributed by atoms with van der Waals surface area (Å²) in [5.74, 6) is -11.9. The summed E-state index contributed by atoms with van der Waals surface area (Å²) in [5.41, 5.74) is 8.90. The van der Waals surface area contributed by atoms with Crippen molar-refractivity contribution in [3.63, 3.8) is 0 Å². The summed E-state index contributed by atoms with van der Waals surface area (Å²) in [7, 11) is -5.25. The molecule has 0 fully saturated rings. The van der Waals surface area contributed by atoms with E-state index >= 15 is 0 Å². The van der Waals surface area contributed by atoms with Crippen LogP contribution in [-0.4, -0.2) is 74.3 Å². The summed E-state index contributed by atoms with van der Waals surface area (Å²) in [6.07, 6.45) is 0.686. The molecule has 180 valence electrons. The normalized spacial score (nSPS) is 22.7. The van der Waals surface area contributed by atoms with Crippen molar-refractivity contribution in [1.29, 1.82) is 0 Å². The first-order valence-corrected chi connectivity index (χ1v) is 9.85. The number of nitrogens with two attached hydrogens (primary N) is 4. The molecule has 0 bridgehead atoms. The summed E-state index contributed by atoms with van der Waals surface area (Å²) in [6, 6.07) is 0. The Morgan fingerprint density at radius 1 is 0.636 bits per heavy atom. The van der Waals surface area contributed by atoms with Crippen molar-refractivity contribution in [2.75, 3.05) is 0 Å². The average Bonchev–Trinajstić information content (AvgIpc) is 2.64. The quantitative estimate of drug-likeness (QED) is 0.128. The highest BCUT2D eigenvalue weighted by atomic mass is 32.2. The summed E-state index contributed by atoms with van der Waals surface area (Å²) in [5, 5.41) is 58.1. The Labute approximate surface area is 183 Å². The molecular formula is C16H18N4O12S. The van der Waals surface area contributed by atoms with Crippen LogP contribution < -0.4 is 22.9 Å². The van der Waals surface area contributed by atoms with Gasteiger partial charge >= 0.3 is 23.9 Å². The van der Waals surface area contributed by atoms with Gasteiger partial charge in [0.25, 0.3) is 0 Å². The van der Waals surface area contributed by atoms with Gasteiger partial charge in [0.05, 0.1) is 9.81 Å². The van der Waals surface area contributed by atoms with Crippen LogP contribution in [0, 0.1) is 10.8 Å². The number of rotatable bonds is 6. The van der Waals surface area contributed by atoms with Crippen molar-refractivity contribution in [1.82, 2.24) is 0 Å². The number of aliphatic hydroxyl groups is 2. The minimum Gasteiger partial charge on any atom is -0.509 e. The van der Waals surface area contributed by atoms with Crippen LogP contribution in [0.25, 0.3) is 0 Å². The molecular weight excluding hydrogens is 472 g/mol. The molecule has 2 aliphatic rings. The number of allylic oxidation sites excluding steroid dienone is 2. The lowest BCUT2D eigenvalue weighted by Crippen LogP contribution is -2.70. The van der Waals surface area contributed by atoms with Crippen LogP contribution in [0.1, 0.15) is 0 Å². The topological polar surface area (TPSA) is 328 Å². The van der Waals surface area contributed by atoms with E-state index in [-0.39, 0.29) is 24.3 Å². The first-order chi connectivity index (χ1) is 14.7. The zero-order chi connectivity index (χ0) is 25.9. The number of hydrogen-bond donors (Lipinski definition) is 10. The maximum Gasteiger partial charge on any atom is 0.328 e. The van der Waals surface area contributed by atoms with Crippen molar-refractivity contribution in [2.24, 2.45) is 33.8 Å². The third-order valence-electron chi connectivity index (χ3n) is 5.40. The molecule has 0 saturated carbocycles.